The van der Waals surface area contributed by atoms with E-state index in [1.165, 1.54) is 70.0 Å². The maximum atomic E-state index is 13.0. The number of amides is 2. The number of ether oxygens (including phenoxy) is 4. The SMILES string of the molecule is COc1cc(C(=O)Nc2cccc(C(=O)NN=Cc3ccccc3OC(=O)/C=C/c3cccc([N+](=O)[O-])c3)c2)cc(OC)c1OC. The first-order chi connectivity index (χ1) is 22.2. The Morgan fingerprint density at radius 1 is 0.783 bits per heavy atom. The Morgan fingerprint density at radius 3 is 2.20 bits per heavy atom. The summed E-state index contributed by atoms with van der Waals surface area (Å²) in [4.78, 5) is 48.6. The minimum absolute atomic E-state index is 0.105. The summed E-state index contributed by atoms with van der Waals surface area (Å²) in [6.07, 6.45) is 3.84. The summed E-state index contributed by atoms with van der Waals surface area (Å²) in [6.45, 7) is 0. The number of benzene rings is 4. The van der Waals surface area contributed by atoms with Crippen molar-refractivity contribution < 1.29 is 38.3 Å². The molecule has 0 aliphatic heterocycles. The van der Waals surface area contributed by atoms with Crippen molar-refractivity contribution in [2.75, 3.05) is 26.6 Å². The van der Waals surface area contributed by atoms with E-state index in [1.54, 1.807) is 48.5 Å². The van der Waals surface area contributed by atoms with Crippen molar-refractivity contribution in [3.63, 3.8) is 0 Å². The molecule has 0 aliphatic carbocycles. The van der Waals surface area contributed by atoms with Gasteiger partial charge in [-0.1, -0.05) is 30.3 Å². The molecule has 0 unspecified atom stereocenters. The summed E-state index contributed by atoms with van der Waals surface area (Å²) >= 11 is 0. The van der Waals surface area contributed by atoms with E-state index in [2.05, 4.69) is 15.8 Å². The molecule has 4 rings (SSSR count). The van der Waals surface area contributed by atoms with Crippen LogP contribution in [0.3, 0.4) is 0 Å². The number of rotatable bonds is 12. The molecule has 234 valence electrons. The maximum Gasteiger partial charge on any atom is 0.336 e. The first-order valence-corrected chi connectivity index (χ1v) is 13.5. The highest BCUT2D eigenvalue weighted by Crippen LogP contribution is 2.38. The molecule has 2 N–H and O–H groups in total. The average Bonchev–Trinajstić information content (AvgIpc) is 3.07. The van der Waals surface area contributed by atoms with Gasteiger partial charge in [0.15, 0.2) is 11.5 Å². The van der Waals surface area contributed by atoms with Gasteiger partial charge in [0.2, 0.25) is 5.75 Å². The van der Waals surface area contributed by atoms with E-state index in [4.69, 9.17) is 18.9 Å². The third kappa shape index (κ3) is 8.32. The van der Waals surface area contributed by atoms with Gasteiger partial charge in [0, 0.05) is 40.6 Å². The van der Waals surface area contributed by atoms with Crippen molar-refractivity contribution in [1.82, 2.24) is 5.43 Å². The summed E-state index contributed by atoms with van der Waals surface area (Å²) < 4.78 is 21.3. The van der Waals surface area contributed by atoms with Crippen LogP contribution in [0.15, 0.2) is 96.1 Å². The molecule has 0 aromatic heterocycles. The lowest BCUT2D eigenvalue weighted by Gasteiger charge is -2.14. The molecular formula is C33H28N4O9. The Labute approximate surface area is 263 Å². The van der Waals surface area contributed by atoms with E-state index in [1.807, 2.05) is 0 Å². The molecule has 0 saturated carbocycles. The molecule has 0 saturated heterocycles. The first kappa shape index (κ1) is 32.4. The number of non-ortho nitro benzene ring substituents is 1. The number of hydrazone groups is 1. The molecule has 13 heteroatoms. The van der Waals surface area contributed by atoms with Crippen molar-refractivity contribution in [3.8, 4) is 23.0 Å². The van der Waals surface area contributed by atoms with Crippen molar-refractivity contribution in [2.24, 2.45) is 5.10 Å². The Morgan fingerprint density at radius 2 is 1.50 bits per heavy atom. The number of methoxy groups -OCH3 is 3. The molecule has 2 amide bonds. The van der Waals surface area contributed by atoms with Crippen LogP contribution in [-0.2, 0) is 4.79 Å². The van der Waals surface area contributed by atoms with Crippen LogP contribution in [0.4, 0.5) is 11.4 Å². The van der Waals surface area contributed by atoms with Crippen LogP contribution in [0.25, 0.3) is 6.08 Å². The highest BCUT2D eigenvalue weighted by molar-refractivity contribution is 6.06. The Bertz CT molecular complexity index is 1810. The van der Waals surface area contributed by atoms with Crippen LogP contribution < -0.4 is 29.7 Å². The number of esters is 1. The van der Waals surface area contributed by atoms with E-state index in [9.17, 15) is 24.5 Å². The van der Waals surface area contributed by atoms with Gasteiger partial charge in [-0.25, -0.2) is 10.2 Å². The summed E-state index contributed by atoms with van der Waals surface area (Å²) in [5, 5.41) is 17.7. The van der Waals surface area contributed by atoms with E-state index >= 15 is 0 Å². The molecule has 0 fully saturated rings. The number of anilines is 1. The average molecular weight is 625 g/mol. The van der Waals surface area contributed by atoms with Crippen LogP contribution in [0.1, 0.15) is 31.8 Å². The standard InChI is InChI=1S/C33H28N4O9/c1-43-28-18-24(19-29(44-2)31(28)45-3)32(39)35-25-11-7-10-22(17-25)33(40)36-34-20-23-9-4-5-13-27(23)46-30(38)15-14-21-8-6-12-26(16-21)37(41)42/h4-20H,1-3H3,(H,35,39)(H,36,40)/b15-14+,34-20?. The van der Waals surface area contributed by atoms with Crippen molar-refractivity contribution in [1.29, 1.82) is 0 Å². The fourth-order valence-corrected chi connectivity index (χ4v) is 4.11. The molecule has 4 aromatic rings. The molecule has 46 heavy (non-hydrogen) atoms. The zero-order valence-corrected chi connectivity index (χ0v) is 24.9. The zero-order valence-electron chi connectivity index (χ0n) is 24.9. The lowest BCUT2D eigenvalue weighted by atomic mass is 10.1. The number of carbonyl (C=O) groups excluding carboxylic acids is 3. The van der Waals surface area contributed by atoms with Crippen molar-refractivity contribution in [3.05, 3.63) is 123 Å². The van der Waals surface area contributed by atoms with Gasteiger partial charge in [-0.05, 0) is 54.1 Å². The number of nitro benzene ring substituents is 1. The molecule has 4 aromatic carbocycles. The first-order valence-electron chi connectivity index (χ1n) is 13.5. The lowest BCUT2D eigenvalue weighted by Crippen LogP contribution is -2.18. The van der Waals surface area contributed by atoms with E-state index in [0.29, 0.717) is 34.1 Å². The number of carbonyl (C=O) groups is 3. The van der Waals surface area contributed by atoms with Gasteiger partial charge in [0.1, 0.15) is 5.75 Å². The molecule has 0 bridgehead atoms. The van der Waals surface area contributed by atoms with E-state index < -0.39 is 22.7 Å². The third-order valence-electron chi connectivity index (χ3n) is 6.30. The summed E-state index contributed by atoms with van der Waals surface area (Å²) in [5.74, 6) is -0.614. The van der Waals surface area contributed by atoms with Crippen LogP contribution >= 0.6 is 0 Å². The number of nitro groups is 1. The number of nitrogens with zero attached hydrogens (tertiary/aromatic N) is 2. The fraction of sp³-hybridized carbons (Fsp3) is 0.0909. The Balaban J connectivity index is 1.39. The third-order valence-corrected chi connectivity index (χ3v) is 6.30. The Kier molecular flexibility index (Phi) is 10.8. The predicted molar refractivity (Wildman–Crippen MR) is 170 cm³/mol. The molecule has 0 heterocycles. The smallest absolute Gasteiger partial charge is 0.336 e. The maximum absolute atomic E-state index is 13.0. The quantitative estimate of drug-likeness (QED) is 0.0534. The minimum atomic E-state index is -0.721. The topological polar surface area (TPSA) is 168 Å². The Hall–Kier alpha value is -6.50. The van der Waals surface area contributed by atoms with E-state index in [-0.39, 0.29) is 22.6 Å². The van der Waals surface area contributed by atoms with Crippen molar-refractivity contribution >= 4 is 41.4 Å². The van der Waals surface area contributed by atoms with Gasteiger partial charge in [0.25, 0.3) is 17.5 Å². The van der Waals surface area contributed by atoms with Gasteiger partial charge in [-0.3, -0.25) is 19.7 Å². The largest absolute Gasteiger partial charge is 0.493 e. The molecule has 0 spiro atoms. The summed E-state index contributed by atoms with van der Waals surface area (Å²) in [5.41, 5.74) is 3.96. The van der Waals surface area contributed by atoms with Gasteiger partial charge >= 0.3 is 5.97 Å². The highest BCUT2D eigenvalue weighted by Gasteiger charge is 2.18. The summed E-state index contributed by atoms with van der Waals surface area (Å²) in [7, 11) is 4.34. The number of hydrogen-bond acceptors (Lipinski definition) is 10. The summed E-state index contributed by atoms with van der Waals surface area (Å²) in [6, 6.07) is 21.6. The van der Waals surface area contributed by atoms with Gasteiger partial charge in [0.05, 0.1) is 32.5 Å². The zero-order chi connectivity index (χ0) is 33.1. The number of para-hydroxylation sites is 1. The second-order valence-corrected chi connectivity index (χ2v) is 9.29. The van der Waals surface area contributed by atoms with Crippen LogP contribution in [0.2, 0.25) is 0 Å². The number of nitrogens with one attached hydrogen (secondary N) is 2. The van der Waals surface area contributed by atoms with E-state index in [0.717, 1.165) is 6.08 Å². The second kappa shape index (κ2) is 15.3. The van der Waals surface area contributed by atoms with Crippen LogP contribution in [0.5, 0.6) is 23.0 Å². The molecule has 0 radical (unpaired) electrons. The highest BCUT2D eigenvalue weighted by atomic mass is 16.6. The van der Waals surface area contributed by atoms with Gasteiger partial charge < -0.3 is 24.3 Å². The second-order valence-electron chi connectivity index (χ2n) is 9.29. The minimum Gasteiger partial charge on any atom is -0.493 e. The predicted octanol–water partition coefficient (Wildman–Crippen LogP) is 5.26. The van der Waals surface area contributed by atoms with Gasteiger partial charge in [-0.15, -0.1) is 0 Å². The molecule has 0 atom stereocenters. The van der Waals surface area contributed by atoms with Crippen LogP contribution in [-0.4, -0.2) is 50.3 Å². The van der Waals surface area contributed by atoms with Gasteiger partial charge in [-0.2, -0.15) is 5.10 Å². The lowest BCUT2D eigenvalue weighted by molar-refractivity contribution is -0.384. The number of hydrogen-bond donors (Lipinski definition) is 2. The molecular weight excluding hydrogens is 596 g/mol. The fourth-order valence-electron chi connectivity index (χ4n) is 4.11. The monoisotopic (exact) mass is 624 g/mol. The van der Waals surface area contributed by atoms with Crippen LogP contribution in [0, 0.1) is 10.1 Å². The van der Waals surface area contributed by atoms with Crippen molar-refractivity contribution in [2.45, 2.75) is 0 Å². The molecule has 13 nitrogen and oxygen atoms in total. The molecule has 0 aliphatic rings. The normalized spacial score (nSPS) is 10.8.